The first-order chi connectivity index (χ1) is 33.1. The molecule has 0 radical (unpaired) electrons. The lowest BCUT2D eigenvalue weighted by Gasteiger charge is -2.41. The van der Waals surface area contributed by atoms with Gasteiger partial charge in [0.2, 0.25) is 11.8 Å². The van der Waals surface area contributed by atoms with Crippen molar-refractivity contribution in [2.24, 2.45) is 11.8 Å². The SMILES string of the molecule is O=C(O)C(Br)C1CCN(C(=O)/C=C/c2cc(F)c(F)c(F)c2)CC1.O=C(O)C(C1CCN(C(=O)/C=C/c2cc(F)c(F)c(F)c2)CC1)N1CCC(c2cc[nH]c2)CC1.c1cc(C2CCNCC2)c[nH]1. The number of benzene rings is 2. The molecule has 19 heteroatoms. The van der Waals surface area contributed by atoms with Gasteiger partial charge in [0.15, 0.2) is 34.9 Å². The van der Waals surface area contributed by atoms with Crippen LogP contribution < -0.4 is 5.32 Å². The molecule has 0 spiro atoms. The quantitative estimate of drug-likeness (QED) is 0.0432. The van der Waals surface area contributed by atoms with Crippen LogP contribution in [-0.4, -0.2) is 122 Å². The fourth-order valence-electron chi connectivity index (χ4n) is 9.44. The highest BCUT2D eigenvalue weighted by atomic mass is 79.9. The van der Waals surface area contributed by atoms with Crippen LogP contribution in [0.2, 0.25) is 0 Å². The topological polar surface area (TPSA) is 162 Å². The summed E-state index contributed by atoms with van der Waals surface area (Å²) in [7, 11) is 0. The first-order valence-electron chi connectivity index (χ1n) is 23.1. The average molecular weight is 1030 g/mol. The number of halogens is 7. The minimum Gasteiger partial charge on any atom is -0.480 e. The van der Waals surface area contributed by atoms with Crippen molar-refractivity contribution in [1.29, 1.82) is 0 Å². The van der Waals surface area contributed by atoms with Crippen molar-refractivity contribution in [3.05, 3.63) is 130 Å². The van der Waals surface area contributed by atoms with E-state index in [2.05, 4.69) is 54.4 Å². The first kappa shape index (κ1) is 52.7. The third kappa shape index (κ3) is 14.7. The van der Waals surface area contributed by atoms with Crippen LogP contribution in [0.1, 0.15) is 85.5 Å². The molecule has 372 valence electrons. The summed E-state index contributed by atoms with van der Waals surface area (Å²) < 4.78 is 78.9. The fourth-order valence-corrected chi connectivity index (χ4v) is 9.97. The van der Waals surface area contributed by atoms with Crippen molar-refractivity contribution in [3.63, 3.8) is 0 Å². The first-order valence-corrected chi connectivity index (χ1v) is 24.0. The summed E-state index contributed by atoms with van der Waals surface area (Å²) in [5, 5.41) is 22.3. The summed E-state index contributed by atoms with van der Waals surface area (Å²) in [6, 6.07) is 6.93. The van der Waals surface area contributed by atoms with Crippen LogP contribution >= 0.6 is 15.9 Å². The number of hydrogen-bond donors (Lipinski definition) is 5. The molecule has 4 fully saturated rings. The molecule has 0 aliphatic carbocycles. The van der Waals surface area contributed by atoms with E-state index in [-0.39, 0.29) is 34.8 Å². The van der Waals surface area contributed by atoms with E-state index in [4.69, 9.17) is 5.11 Å². The molecule has 2 unspecified atom stereocenters. The number of nitrogens with zero attached hydrogens (tertiary/aromatic N) is 3. The van der Waals surface area contributed by atoms with Crippen molar-refractivity contribution in [1.82, 2.24) is 30.0 Å². The number of carbonyl (C=O) groups excluding carboxylic acids is 2. The Morgan fingerprint density at radius 3 is 1.36 bits per heavy atom. The predicted octanol–water partition coefficient (Wildman–Crippen LogP) is 8.70. The Morgan fingerprint density at radius 2 is 0.986 bits per heavy atom. The van der Waals surface area contributed by atoms with Crippen LogP contribution in [-0.2, 0) is 19.2 Å². The number of rotatable bonds is 11. The second kappa shape index (κ2) is 25.3. The molecule has 4 aliphatic rings. The Morgan fingerprint density at radius 1 is 0.580 bits per heavy atom. The third-order valence-electron chi connectivity index (χ3n) is 13.3. The minimum absolute atomic E-state index is 0.0426. The summed E-state index contributed by atoms with van der Waals surface area (Å²) >= 11 is 3.12. The highest BCUT2D eigenvalue weighted by Gasteiger charge is 2.38. The van der Waals surface area contributed by atoms with Crippen molar-refractivity contribution in [3.8, 4) is 0 Å². The molecular weight excluding hydrogens is 974 g/mol. The van der Waals surface area contributed by atoms with Crippen molar-refractivity contribution >= 4 is 51.8 Å². The largest absolute Gasteiger partial charge is 0.480 e. The zero-order valence-electron chi connectivity index (χ0n) is 37.9. The third-order valence-corrected chi connectivity index (χ3v) is 14.5. The van der Waals surface area contributed by atoms with Gasteiger partial charge in [-0.3, -0.25) is 24.1 Å². The maximum absolute atomic E-state index is 13.4. The molecule has 0 bridgehead atoms. The second-order valence-electron chi connectivity index (χ2n) is 17.7. The molecule has 5 N–H and O–H groups in total. The zero-order valence-corrected chi connectivity index (χ0v) is 39.5. The number of likely N-dealkylation sites (tertiary alicyclic amines) is 3. The minimum atomic E-state index is -1.55. The van der Waals surface area contributed by atoms with E-state index in [1.54, 1.807) is 4.90 Å². The Bertz CT molecular complexity index is 2350. The van der Waals surface area contributed by atoms with Crippen LogP contribution in [0.25, 0.3) is 12.2 Å². The van der Waals surface area contributed by atoms with Crippen LogP contribution in [0.15, 0.2) is 73.3 Å². The van der Waals surface area contributed by atoms with Gasteiger partial charge in [-0.15, -0.1) is 0 Å². The van der Waals surface area contributed by atoms with Gasteiger partial charge in [-0.1, -0.05) is 15.9 Å². The van der Waals surface area contributed by atoms with E-state index in [0.29, 0.717) is 57.8 Å². The highest BCUT2D eigenvalue weighted by molar-refractivity contribution is 9.10. The molecule has 4 aromatic rings. The molecular formula is C50H57BrF6N6O6. The molecule has 8 rings (SSSR count). The van der Waals surface area contributed by atoms with E-state index in [1.807, 2.05) is 18.6 Å². The van der Waals surface area contributed by atoms with E-state index >= 15 is 0 Å². The van der Waals surface area contributed by atoms with Crippen LogP contribution in [0.3, 0.4) is 0 Å². The average Bonchev–Trinajstić information content (AvgIpc) is 4.11. The van der Waals surface area contributed by atoms with Gasteiger partial charge in [0.25, 0.3) is 0 Å². The molecule has 12 nitrogen and oxygen atoms in total. The smallest absolute Gasteiger partial charge is 0.321 e. The summed E-state index contributed by atoms with van der Waals surface area (Å²) in [4.78, 5) is 58.4. The fraction of sp³-hybridized carbons (Fsp3) is 0.440. The van der Waals surface area contributed by atoms with E-state index in [9.17, 15) is 50.6 Å². The number of H-pyrrole nitrogens is 2. The molecule has 69 heavy (non-hydrogen) atoms. The number of carboxylic acid groups (broad SMARTS) is 2. The Labute approximate surface area is 405 Å². The molecule has 4 saturated heterocycles. The van der Waals surface area contributed by atoms with Gasteiger partial charge >= 0.3 is 11.9 Å². The lowest BCUT2D eigenvalue weighted by molar-refractivity contribution is -0.147. The maximum Gasteiger partial charge on any atom is 0.321 e. The van der Waals surface area contributed by atoms with Crippen LogP contribution in [0.5, 0.6) is 0 Å². The number of carbonyl (C=O) groups is 4. The summed E-state index contributed by atoms with van der Waals surface area (Å²) in [5.41, 5.74) is 2.83. The number of piperidine rings is 4. The zero-order chi connectivity index (χ0) is 49.6. The Hall–Kier alpha value is -5.66. The predicted molar refractivity (Wildman–Crippen MR) is 251 cm³/mol. The van der Waals surface area contributed by atoms with Crippen molar-refractivity contribution in [2.45, 2.75) is 74.1 Å². The van der Waals surface area contributed by atoms with Gasteiger partial charge in [-0.25, -0.2) is 26.3 Å². The number of hydrogen-bond acceptors (Lipinski definition) is 6. The van der Waals surface area contributed by atoms with Crippen LogP contribution in [0, 0.1) is 46.7 Å². The maximum atomic E-state index is 13.4. The summed E-state index contributed by atoms with van der Waals surface area (Å²) in [6.45, 7) is 5.41. The van der Waals surface area contributed by atoms with E-state index < -0.39 is 57.7 Å². The Balaban J connectivity index is 0.000000192. The van der Waals surface area contributed by atoms with Gasteiger partial charge in [-0.05, 0) is 172 Å². The second-order valence-corrected chi connectivity index (χ2v) is 18.7. The van der Waals surface area contributed by atoms with Gasteiger partial charge in [0.1, 0.15) is 10.9 Å². The molecule has 2 amide bonds. The highest BCUT2D eigenvalue weighted by Crippen LogP contribution is 2.33. The molecule has 0 saturated carbocycles. The number of aromatic nitrogens is 2. The molecule has 6 heterocycles. The summed E-state index contributed by atoms with van der Waals surface area (Å²) in [6.07, 6.45) is 19.5. The number of aliphatic carboxylic acids is 2. The van der Waals surface area contributed by atoms with E-state index in [0.717, 1.165) is 62.2 Å². The van der Waals surface area contributed by atoms with Gasteiger partial charge in [0.05, 0.1) is 0 Å². The number of carboxylic acids is 2. The van der Waals surface area contributed by atoms with Gasteiger partial charge in [0, 0.05) is 63.1 Å². The molecule has 2 aromatic carbocycles. The van der Waals surface area contributed by atoms with Crippen LogP contribution in [0.4, 0.5) is 26.3 Å². The lowest BCUT2D eigenvalue weighted by Crippen LogP contribution is -2.52. The molecule has 4 aliphatic heterocycles. The number of aromatic amines is 2. The number of alkyl halides is 1. The van der Waals surface area contributed by atoms with Crippen molar-refractivity contribution in [2.75, 3.05) is 52.4 Å². The van der Waals surface area contributed by atoms with Gasteiger partial charge < -0.3 is 35.3 Å². The van der Waals surface area contributed by atoms with Crippen molar-refractivity contribution < 1.29 is 55.7 Å². The molecule has 2 aromatic heterocycles. The lowest BCUT2D eigenvalue weighted by atomic mass is 9.85. The standard InChI is InChI=1S/C25H28F3N3O3.C16H15BrF3NO3.C9H14N2/c26-20-13-16(14-21(27)23(20)28)1-2-22(32)30-9-6-18(7-10-30)24(25(33)34)31-11-4-17(5-12-31)19-3-8-29-15-19;17-14(16(23)24)10-3-5-21(6-4-10)13(22)2-1-9-7-11(18)15(20)12(19)8-9;1-4-10-5-2-8(1)9-3-6-11-7-9/h1-3,8,13-15,17-18,24,29H,4-7,9-12H2,(H,33,34);1-2,7-8,10,14H,3-6H2,(H,23,24);3,6-8,10-11H,1-2,4-5H2/b2*2-1+;. The number of nitrogens with one attached hydrogen (secondary N) is 3. The summed E-state index contributed by atoms with van der Waals surface area (Å²) in [5.74, 6) is -9.70. The monoisotopic (exact) mass is 1030 g/mol. The molecule has 2 atom stereocenters. The Kier molecular flexibility index (Phi) is 19.3. The van der Waals surface area contributed by atoms with Gasteiger partial charge in [-0.2, -0.15) is 0 Å². The van der Waals surface area contributed by atoms with E-state index in [1.165, 1.54) is 60.2 Å². The number of amides is 2. The normalized spacial score (nSPS) is 18.9.